The molecule has 0 spiro atoms. The second-order valence-corrected chi connectivity index (χ2v) is 8.36. The first-order valence-corrected chi connectivity index (χ1v) is 11.0. The molecule has 2 amide bonds. The van der Waals surface area contributed by atoms with Gasteiger partial charge in [-0.1, -0.05) is 23.9 Å². The van der Waals surface area contributed by atoms with Crippen molar-refractivity contribution in [2.75, 3.05) is 26.2 Å². The summed E-state index contributed by atoms with van der Waals surface area (Å²) in [6.45, 7) is 7.56. The van der Waals surface area contributed by atoms with Crippen molar-refractivity contribution in [3.63, 3.8) is 0 Å². The number of thioether (sulfide) groups is 1. The Morgan fingerprint density at radius 1 is 1.10 bits per heavy atom. The quantitative estimate of drug-likeness (QED) is 0.562. The van der Waals surface area contributed by atoms with Crippen LogP contribution in [-0.2, 0) is 10.5 Å². The molecule has 0 unspecified atom stereocenters. The Bertz CT molecular complexity index is 1100. The summed E-state index contributed by atoms with van der Waals surface area (Å²) in [7, 11) is 0. The average Bonchev–Trinajstić information content (AvgIpc) is 3.38. The molecule has 2 aromatic heterocycles. The molecule has 162 valence electrons. The van der Waals surface area contributed by atoms with Crippen LogP contribution < -0.4 is 0 Å². The van der Waals surface area contributed by atoms with Crippen LogP contribution in [0.4, 0.5) is 0 Å². The van der Waals surface area contributed by atoms with E-state index < -0.39 is 0 Å². The summed E-state index contributed by atoms with van der Waals surface area (Å²) in [6, 6.07) is 8.14. The summed E-state index contributed by atoms with van der Waals surface area (Å²) in [5.74, 6) is 1.52. The Kier molecular flexibility index (Phi) is 6.08. The first-order chi connectivity index (χ1) is 14.9. The summed E-state index contributed by atoms with van der Waals surface area (Å²) in [4.78, 5) is 32.0. The molecule has 1 aliphatic rings. The molecular weight excluding hydrogens is 416 g/mol. The fourth-order valence-corrected chi connectivity index (χ4v) is 4.34. The molecule has 0 saturated carbocycles. The molecule has 9 nitrogen and oxygen atoms in total. The number of hydrogen-bond acceptors (Lipinski definition) is 7. The fourth-order valence-electron chi connectivity index (χ4n) is 3.49. The molecule has 3 heterocycles. The third kappa shape index (κ3) is 4.63. The van der Waals surface area contributed by atoms with E-state index in [0.717, 1.165) is 22.2 Å². The summed E-state index contributed by atoms with van der Waals surface area (Å²) in [5, 5.41) is 9.20. The van der Waals surface area contributed by atoms with Crippen LogP contribution in [0.25, 0.3) is 5.69 Å². The lowest BCUT2D eigenvalue weighted by Gasteiger charge is -2.33. The van der Waals surface area contributed by atoms with Crippen molar-refractivity contribution in [2.45, 2.75) is 31.7 Å². The van der Waals surface area contributed by atoms with Gasteiger partial charge in [-0.05, 0) is 31.5 Å². The average molecular weight is 441 g/mol. The lowest BCUT2D eigenvalue weighted by molar-refractivity contribution is -0.130. The minimum absolute atomic E-state index is 0.0293. The Balaban J connectivity index is 1.41. The first kappa shape index (κ1) is 21.1. The number of oxazole rings is 1. The largest absolute Gasteiger partial charge is 0.447 e. The summed E-state index contributed by atoms with van der Waals surface area (Å²) >= 11 is 1.45. The highest BCUT2D eigenvalue weighted by Crippen LogP contribution is 2.25. The van der Waals surface area contributed by atoms with E-state index in [4.69, 9.17) is 4.42 Å². The van der Waals surface area contributed by atoms with E-state index in [2.05, 4.69) is 21.2 Å². The minimum Gasteiger partial charge on any atom is -0.447 e. The van der Waals surface area contributed by atoms with Crippen molar-refractivity contribution in [1.29, 1.82) is 0 Å². The number of aromatic nitrogens is 4. The van der Waals surface area contributed by atoms with Crippen molar-refractivity contribution in [3.05, 3.63) is 53.5 Å². The second kappa shape index (κ2) is 8.93. The number of piperazine rings is 1. The number of aryl methyl sites for hydroxylation is 2. The normalized spacial score (nSPS) is 14.2. The van der Waals surface area contributed by atoms with Crippen LogP contribution in [0.15, 0.2) is 40.1 Å². The molecule has 4 rings (SSSR count). The molecule has 0 radical (unpaired) electrons. The van der Waals surface area contributed by atoms with E-state index in [1.54, 1.807) is 16.7 Å². The van der Waals surface area contributed by atoms with E-state index >= 15 is 0 Å². The number of rotatable bonds is 5. The Hall–Kier alpha value is -3.14. The number of nitrogens with zero attached hydrogens (tertiary/aromatic N) is 6. The summed E-state index contributed by atoms with van der Waals surface area (Å²) in [5.41, 5.74) is 2.43. The van der Waals surface area contributed by atoms with Crippen LogP contribution in [0.1, 0.15) is 34.7 Å². The van der Waals surface area contributed by atoms with Crippen LogP contribution in [0, 0.1) is 13.8 Å². The highest BCUT2D eigenvalue weighted by Gasteiger charge is 2.25. The zero-order chi connectivity index (χ0) is 22.0. The van der Waals surface area contributed by atoms with Gasteiger partial charge < -0.3 is 14.2 Å². The van der Waals surface area contributed by atoms with Crippen molar-refractivity contribution >= 4 is 23.6 Å². The maximum absolute atomic E-state index is 12.7. The smallest absolute Gasteiger partial charge is 0.275 e. The Morgan fingerprint density at radius 3 is 2.55 bits per heavy atom. The zero-order valence-corrected chi connectivity index (χ0v) is 18.6. The topological polar surface area (TPSA) is 97.4 Å². The molecule has 1 aliphatic heterocycles. The molecule has 0 atom stereocenters. The van der Waals surface area contributed by atoms with E-state index in [1.807, 2.05) is 36.6 Å². The molecule has 0 aliphatic carbocycles. The minimum atomic E-state index is -0.179. The van der Waals surface area contributed by atoms with Crippen molar-refractivity contribution in [2.24, 2.45) is 0 Å². The van der Waals surface area contributed by atoms with Gasteiger partial charge in [0.15, 0.2) is 10.9 Å². The predicted molar refractivity (Wildman–Crippen MR) is 115 cm³/mol. The second-order valence-electron chi connectivity index (χ2n) is 7.42. The van der Waals surface area contributed by atoms with Crippen LogP contribution in [0.2, 0.25) is 0 Å². The standard InChI is InChI=1S/C21H24N6O3S/c1-14-5-4-6-17(11-14)27-15(2)23-24-21(27)31-13-19-22-18(12-30-19)20(29)26-9-7-25(8-10-26)16(3)28/h4-6,11-12H,7-10,13H2,1-3H3. The van der Waals surface area contributed by atoms with E-state index in [-0.39, 0.29) is 17.5 Å². The van der Waals surface area contributed by atoms with Crippen LogP contribution >= 0.6 is 11.8 Å². The van der Waals surface area contributed by atoms with Gasteiger partial charge in [-0.2, -0.15) is 0 Å². The fraction of sp³-hybridized carbons (Fsp3) is 0.381. The lowest BCUT2D eigenvalue weighted by atomic mass is 10.2. The van der Waals surface area contributed by atoms with E-state index in [1.165, 1.54) is 18.0 Å². The van der Waals surface area contributed by atoms with Crippen LogP contribution in [0.3, 0.4) is 0 Å². The van der Waals surface area contributed by atoms with Gasteiger partial charge in [0.1, 0.15) is 12.1 Å². The SMILES string of the molecule is CC(=O)N1CCN(C(=O)c2coc(CSc3nnc(C)n3-c3cccc(C)c3)n2)CC1. The monoisotopic (exact) mass is 440 g/mol. The molecule has 1 aromatic carbocycles. The third-order valence-electron chi connectivity index (χ3n) is 5.16. The van der Waals surface area contributed by atoms with Crippen molar-refractivity contribution < 1.29 is 14.0 Å². The molecule has 1 saturated heterocycles. The number of carbonyl (C=O) groups is 2. The molecule has 1 fully saturated rings. The van der Waals surface area contributed by atoms with Gasteiger partial charge in [0.25, 0.3) is 5.91 Å². The summed E-state index contributed by atoms with van der Waals surface area (Å²) in [6.07, 6.45) is 1.39. The van der Waals surface area contributed by atoms with Gasteiger partial charge in [0, 0.05) is 38.8 Å². The predicted octanol–water partition coefficient (Wildman–Crippen LogP) is 2.47. The van der Waals surface area contributed by atoms with Crippen molar-refractivity contribution in [1.82, 2.24) is 29.5 Å². The van der Waals surface area contributed by atoms with Crippen molar-refractivity contribution in [3.8, 4) is 5.69 Å². The highest BCUT2D eigenvalue weighted by molar-refractivity contribution is 7.98. The zero-order valence-electron chi connectivity index (χ0n) is 17.7. The maximum atomic E-state index is 12.7. The lowest BCUT2D eigenvalue weighted by Crippen LogP contribution is -2.50. The molecular formula is C21H24N6O3S. The van der Waals surface area contributed by atoms with Crippen LogP contribution in [-0.4, -0.2) is 67.5 Å². The number of benzene rings is 1. The molecule has 31 heavy (non-hydrogen) atoms. The molecule has 3 aromatic rings. The van der Waals surface area contributed by atoms with Gasteiger partial charge in [-0.15, -0.1) is 10.2 Å². The summed E-state index contributed by atoms with van der Waals surface area (Å²) < 4.78 is 7.52. The van der Waals surface area contributed by atoms with Gasteiger partial charge in [0.05, 0.1) is 5.75 Å². The van der Waals surface area contributed by atoms with Gasteiger partial charge >= 0.3 is 0 Å². The number of amides is 2. The van der Waals surface area contributed by atoms with Crippen LogP contribution in [0.5, 0.6) is 0 Å². The van der Waals surface area contributed by atoms with E-state index in [9.17, 15) is 9.59 Å². The highest BCUT2D eigenvalue weighted by atomic mass is 32.2. The molecule has 0 bridgehead atoms. The maximum Gasteiger partial charge on any atom is 0.275 e. The van der Waals surface area contributed by atoms with Gasteiger partial charge in [0.2, 0.25) is 11.8 Å². The van der Waals surface area contributed by atoms with E-state index in [0.29, 0.717) is 37.8 Å². The Labute approximate surface area is 184 Å². The number of carbonyl (C=O) groups excluding carboxylic acids is 2. The molecule has 0 N–H and O–H groups in total. The third-order valence-corrected chi connectivity index (χ3v) is 6.08. The van der Waals surface area contributed by atoms with Gasteiger partial charge in [-0.3, -0.25) is 14.2 Å². The Morgan fingerprint density at radius 2 is 1.84 bits per heavy atom. The van der Waals surface area contributed by atoms with Gasteiger partial charge in [-0.25, -0.2) is 4.98 Å². The molecule has 10 heteroatoms. The number of hydrogen-bond donors (Lipinski definition) is 0. The first-order valence-electron chi connectivity index (χ1n) is 10.0.